The van der Waals surface area contributed by atoms with Crippen LogP contribution in [0.2, 0.25) is 0 Å². The smallest absolute Gasteiger partial charge is 0.323 e. The van der Waals surface area contributed by atoms with E-state index in [9.17, 15) is 4.79 Å². The van der Waals surface area contributed by atoms with Crippen molar-refractivity contribution in [1.82, 2.24) is 20.3 Å². The number of hydrogen-bond acceptors (Lipinski definition) is 7. The second-order valence-electron chi connectivity index (χ2n) is 4.78. The van der Waals surface area contributed by atoms with E-state index in [2.05, 4.69) is 25.6 Å². The van der Waals surface area contributed by atoms with Crippen molar-refractivity contribution in [3.63, 3.8) is 0 Å². The highest BCUT2D eigenvalue weighted by Crippen LogP contribution is 2.16. The minimum Gasteiger partial charge on any atom is -0.461 e. The van der Waals surface area contributed by atoms with Crippen molar-refractivity contribution < 1.29 is 9.53 Å². The Morgan fingerprint density at radius 1 is 1.35 bits per heavy atom. The minimum atomic E-state index is -0.0275. The Morgan fingerprint density at radius 2 is 2.15 bits per heavy atom. The number of anilines is 2. The number of nitrogens with zero attached hydrogens (tertiary/aromatic N) is 4. The number of carbonyl (C=O) groups excluding carboxylic acids is 1. The fourth-order valence-corrected chi connectivity index (χ4v) is 1.84. The van der Waals surface area contributed by atoms with E-state index in [4.69, 9.17) is 4.74 Å². The Bertz CT molecular complexity index is 479. The van der Waals surface area contributed by atoms with E-state index in [0.717, 1.165) is 6.42 Å². The largest absolute Gasteiger partial charge is 0.461 e. The van der Waals surface area contributed by atoms with Gasteiger partial charge in [0.25, 0.3) is 0 Å². The number of amides is 1. The molecule has 0 radical (unpaired) electrons. The van der Waals surface area contributed by atoms with Crippen molar-refractivity contribution in [2.45, 2.75) is 26.4 Å². The van der Waals surface area contributed by atoms with E-state index in [1.807, 2.05) is 18.7 Å². The molecule has 0 unspecified atom stereocenters. The number of ether oxygens (including phenoxy) is 1. The van der Waals surface area contributed by atoms with Gasteiger partial charge in [-0.3, -0.25) is 4.79 Å². The molecule has 0 aromatic carbocycles. The van der Waals surface area contributed by atoms with Crippen molar-refractivity contribution in [2.24, 2.45) is 0 Å². The number of nitrogens with one attached hydrogen (secondary N) is 2. The van der Waals surface area contributed by atoms with E-state index in [1.54, 1.807) is 7.05 Å². The second kappa shape index (κ2) is 6.36. The standard InChI is InChI=1S/C12H20N6O2/c1-8(2)20-12-16-10(13-3)15-11(17-12)18-6-4-5-14-9(19)7-18/h8H,4-7H2,1-3H3,(H,14,19)(H,13,15,16,17). The van der Waals surface area contributed by atoms with Crippen molar-refractivity contribution in [3.05, 3.63) is 0 Å². The summed E-state index contributed by atoms with van der Waals surface area (Å²) in [6.07, 6.45) is 0.828. The van der Waals surface area contributed by atoms with Crippen LogP contribution in [0.4, 0.5) is 11.9 Å². The lowest BCUT2D eigenvalue weighted by molar-refractivity contribution is -0.119. The Kier molecular flexibility index (Phi) is 4.54. The first-order chi connectivity index (χ1) is 9.58. The molecule has 1 aliphatic rings. The van der Waals surface area contributed by atoms with E-state index in [0.29, 0.717) is 25.0 Å². The lowest BCUT2D eigenvalue weighted by atomic mass is 10.4. The quantitative estimate of drug-likeness (QED) is 0.803. The molecule has 8 nitrogen and oxygen atoms in total. The van der Waals surface area contributed by atoms with Crippen LogP contribution in [0.1, 0.15) is 20.3 Å². The summed E-state index contributed by atoms with van der Waals surface area (Å²) in [5, 5.41) is 5.70. The Morgan fingerprint density at radius 3 is 2.85 bits per heavy atom. The molecule has 110 valence electrons. The third-order valence-corrected chi connectivity index (χ3v) is 2.71. The molecule has 1 saturated heterocycles. The topological polar surface area (TPSA) is 92.3 Å². The van der Waals surface area contributed by atoms with Crippen LogP contribution < -0.4 is 20.3 Å². The predicted molar refractivity (Wildman–Crippen MR) is 75.0 cm³/mol. The van der Waals surface area contributed by atoms with Crippen LogP contribution in [0.15, 0.2) is 0 Å². The van der Waals surface area contributed by atoms with Gasteiger partial charge in [-0.2, -0.15) is 15.0 Å². The van der Waals surface area contributed by atoms with Gasteiger partial charge in [-0.25, -0.2) is 0 Å². The van der Waals surface area contributed by atoms with E-state index >= 15 is 0 Å². The molecule has 1 aromatic rings. The van der Waals surface area contributed by atoms with Gasteiger partial charge in [-0.1, -0.05) is 0 Å². The molecular weight excluding hydrogens is 260 g/mol. The lowest BCUT2D eigenvalue weighted by Crippen LogP contribution is -2.34. The van der Waals surface area contributed by atoms with Crippen molar-refractivity contribution in [2.75, 3.05) is 36.9 Å². The molecule has 0 spiro atoms. The Balaban J connectivity index is 2.26. The average molecular weight is 280 g/mol. The van der Waals surface area contributed by atoms with Crippen LogP contribution in [-0.4, -0.2) is 53.6 Å². The Labute approximate surface area is 118 Å². The van der Waals surface area contributed by atoms with Crippen LogP contribution in [-0.2, 0) is 4.79 Å². The molecule has 2 rings (SSSR count). The number of carbonyl (C=O) groups is 1. The van der Waals surface area contributed by atoms with Crippen LogP contribution in [0.3, 0.4) is 0 Å². The highest BCUT2D eigenvalue weighted by molar-refractivity contribution is 5.81. The molecular formula is C12H20N6O2. The summed E-state index contributed by atoms with van der Waals surface area (Å²) in [5.41, 5.74) is 0. The third-order valence-electron chi connectivity index (χ3n) is 2.71. The summed E-state index contributed by atoms with van der Waals surface area (Å²) in [5.74, 6) is 0.854. The minimum absolute atomic E-state index is 0.0256. The summed E-state index contributed by atoms with van der Waals surface area (Å²) >= 11 is 0. The number of rotatable bonds is 4. The molecule has 0 saturated carbocycles. The predicted octanol–water partition coefficient (Wildman–Crippen LogP) is 0.0268. The van der Waals surface area contributed by atoms with Gasteiger partial charge in [0.15, 0.2) is 0 Å². The average Bonchev–Trinajstić information content (AvgIpc) is 2.62. The van der Waals surface area contributed by atoms with Gasteiger partial charge in [-0.15, -0.1) is 0 Å². The number of hydrogen-bond donors (Lipinski definition) is 2. The molecule has 0 atom stereocenters. The van der Waals surface area contributed by atoms with E-state index in [-0.39, 0.29) is 24.6 Å². The third kappa shape index (κ3) is 3.69. The molecule has 2 N–H and O–H groups in total. The van der Waals surface area contributed by atoms with Gasteiger partial charge in [-0.05, 0) is 20.3 Å². The van der Waals surface area contributed by atoms with Gasteiger partial charge < -0.3 is 20.3 Å². The van der Waals surface area contributed by atoms with Gasteiger partial charge >= 0.3 is 6.01 Å². The van der Waals surface area contributed by atoms with Gasteiger partial charge in [0, 0.05) is 20.1 Å². The highest BCUT2D eigenvalue weighted by atomic mass is 16.5. The molecule has 20 heavy (non-hydrogen) atoms. The van der Waals surface area contributed by atoms with E-state index in [1.165, 1.54) is 0 Å². The summed E-state index contributed by atoms with van der Waals surface area (Å²) in [4.78, 5) is 26.2. The molecule has 0 bridgehead atoms. The molecule has 1 aromatic heterocycles. The second-order valence-corrected chi connectivity index (χ2v) is 4.78. The van der Waals surface area contributed by atoms with Crippen molar-refractivity contribution in [3.8, 4) is 6.01 Å². The van der Waals surface area contributed by atoms with Crippen LogP contribution >= 0.6 is 0 Å². The molecule has 1 fully saturated rings. The molecule has 1 aliphatic heterocycles. The van der Waals surface area contributed by atoms with Crippen LogP contribution in [0, 0.1) is 0 Å². The molecule has 1 amide bonds. The summed E-state index contributed by atoms with van der Waals surface area (Å²) < 4.78 is 5.52. The first-order valence-corrected chi connectivity index (χ1v) is 6.70. The first kappa shape index (κ1) is 14.3. The van der Waals surface area contributed by atoms with Crippen molar-refractivity contribution >= 4 is 17.8 Å². The zero-order valence-electron chi connectivity index (χ0n) is 12.0. The summed E-state index contributed by atoms with van der Waals surface area (Å²) in [6.45, 7) is 5.44. The van der Waals surface area contributed by atoms with Crippen LogP contribution in [0.5, 0.6) is 6.01 Å². The van der Waals surface area contributed by atoms with Gasteiger partial charge in [0.2, 0.25) is 17.8 Å². The Hall–Kier alpha value is -2.12. The summed E-state index contributed by atoms with van der Waals surface area (Å²) in [7, 11) is 1.73. The zero-order chi connectivity index (χ0) is 14.5. The normalized spacial score (nSPS) is 15.8. The SMILES string of the molecule is CNc1nc(OC(C)C)nc(N2CCCNC(=O)C2)n1. The lowest BCUT2D eigenvalue weighted by Gasteiger charge is -2.20. The van der Waals surface area contributed by atoms with E-state index < -0.39 is 0 Å². The number of aromatic nitrogens is 3. The van der Waals surface area contributed by atoms with Crippen LogP contribution in [0.25, 0.3) is 0 Å². The maximum atomic E-state index is 11.6. The maximum absolute atomic E-state index is 11.6. The maximum Gasteiger partial charge on any atom is 0.323 e. The monoisotopic (exact) mass is 280 g/mol. The molecule has 0 aliphatic carbocycles. The van der Waals surface area contributed by atoms with Crippen molar-refractivity contribution in [1.29, 1.82) is 0 Å². The highest BCUT2D eigenvalue weighted by Gasteiger charge is 2.19. The summed E-state index contributed by atoms with van der Waals surface area (Å²) in [6, 6.07) is 0.263. The first-order valence-electron chi connectivity index (χ1n) is 6.70. The zero-order valence-corrected chi connectivity index (χ0v) is 12.0. The fourth-order valence-electron chi connectivity index (χ4n) is 1.84. The molecule has 2 heterocycles. The van der Waals surface area contributed by atoms with Gasteiger partial charge in [0.1, 0.15) is 0 Å². The fraction of sp³-hybridized carbons (Fsp3) is 0.667. The van der Waals surface area contributed by atoms with Gasteiger partial charge in [0.05, 0.1) is 12.6 Å². The molecule has 8 heteroatoms.